The van der Waals surface area contributed by atoms with Crippen LogP contribution in [0.4, 0.5) is 0 Å². The third-order valence-electron chi connectivity index (χ3n) is 2.59. The summed E-state index contributed by atoms with van der Waals surface area (Å²) in [5.41, 5.74) is 6.92. The molecule has 2 amide bonds. The largest absolute Gasteiger partial charge is 0.347 e. The first-order valence-electron chi connectivity index (χ1n) is 6.28. The number of nitrogens with two attached hydrogens (primary N) is 1. The highest BCUT2D eigenvalue weighted by Gasteiger charge is 2.20. The average Bonchev–Trinajstić information content (AvgIpc) is 2.41. The lowest BCUT2D eigenvalue weighted by atomic mass is 10.3. The summed E-state index contributed by atoms with van der Waals surface area (Å²) in [5, 5.41) is 2.47. The second kappa shape index (κ2) is 7.48. The fourth-order valence-electron chi connectivity index (χ4n) is 1.62. The van der Waals surface area contributed by atoms with Crippen molar-refractivity contribution in [3.8, 4) is 0 Å². The van der Waals surface area contributed by atoms with Gasteiger partial charge in [-0.05, 0) is 26.0 Å². The number of nitrogens with one attached hydrogen (secondary N) is 1. The molecule has 1 heterocycles. The molecular formula is C13H20N4O2. The van der Waals surface area contributed by atoms with Crippen molar-refractivity contribution >= 4 is 11.8 Å². The smallest absolute Gasteiger partial charge is 0.312 e. The first-order valence-corrected chi connectivity index (χ1v) is 6.28. The summed E-state index contributed by atoms with van der Waals surface area (Å²) >= 11 is 0. The fourth-order valence-corrected chi connectivity index (χ4v) is 1.62. The molecule has 0 aliphatic carbocycles. The maximum Gasteiger partial charge on any atom is 0.312 e. The molecule has 6 nitrogen and oxygen atoms in total. The molecule has 0 aromatic carbocycles. The minimum Gasteiger partial charge on any atom is -0.347 e. The van der Waals surface area contributed by atoms with Crippen LogP contribution in [0.25, 0.3) is 0 Å². The van der Waals surface area contributed by atoms with Crippen LogP contribution in [0.5, 0.6) is 0 Å². The molecule has 0 saturated carbocycles. The minimum atomic E-state index is -0.625. The van der Waals surface area contributed by atoms with Gasteiger partial charge in [0.2, 0.25) is 0 Å². The number of hydrogen-bond donors (Lipinski definition) is 2. The van der Waals surface area contributed by atoms with Crippen LogP contribution in [0.2, 0.25) is 0 Å². The molecule has 0 aliphatic rings. The van der Waals surface area contributed by atoms with Crippen molar-refractivity contribution in [1.29, 1.82) is 0 Å². The first kappa shape index (κ1) is 15.1. The topological polar surface area (TPSA) is 88.3 Å². The van der Waals surface area contributed by atoms with E-state index in [0.29, 0.717) is 26.2 Å². The van der Waals surface area contributed by atoms with Crippen LogP contribution in [0.1, 0.15) is 18.3 Å². The van der Waals surface area contributed by atoms with Gasteiger partial charge >= 0.3 is 11.8 Å². The zero-order chi connectivity index (χ0) is 14.3. The van der Waals surface area contributed by atoms with Gasteiger partial charge in [-0.2, -0.15) is 0 Å². The molecule has 0 aliphatic heterocycles. The summed E-state index contributed by atoms with van der Waals surface area (Å²) < 4.78 is 0. The van der Waals surface area contributed by atoms with E-state index in [1.165, 1.54) is 4.90 Å². The monoisotopic (exact) mass is 264 g/mol. The van der Waals surface area contributed by atoms with Crippen molar-refractivity contribution in [2.24, 2.45) is 5.73 Å². The summed E-state index contributed by atoms with van der Waals surface area (Å²) in [4.78, 5) is 29.3. The number of likely N-dealkylation sites (N-methyl/N-ethyl adjacent to an activating group) is 1. The number of pyridine rings is 1. The number of carbonyl (C=O) groups excluding carboxylic acids is 2. The summed E-state index contributed by atoms with van der Waals surface area (Å²) in [5.74, 6) is -1.18. The van der Waals surface area contributed by atoms with Crippen LogP contribution in [0.15, 0.2) is 18.2 Å². The molecule has 1 aromatic heterocycles. The van der Waals surface area contributed by atoms with Crippen LogP contribution in [-0.2, 0) is 16.1 Å². The highest BCUT2D eigenvalue weighted by atomic mass is 16.2. The Morgan fingerprint density at radius 1 is 1.42 bits per heavy atom. The Morgan fingerprint density at radius 3 is 2.74 bits per heavy atom. The van der Waals surface area contributed by atoms with E-state index in [4.69, 9.17) is 5.73 Å². The van der Waals surface area contributed by atoms with Crippen molar-refractivity contribution in [2.75, 3.05) is 19.6 Å². The molecular weight excluding hydrogens is 244 g/mol. The highest BCUT2D eigenvalue weighted by Crippen LogP contribution is 2.03. The second-order valence-corrected chi connectivity index (χ2v) is 4.13. The lowest BCUT2D eigenvalue weighted by Gasteiger charge is -2.19. The quantitative estimate of drug-likeness (QED) is 0.722. The van der Waals surface area contributed by atoms with Crippen molar-refractivity contribution in [3.05, 3.63) is 29.6 Å². The molecule has 104 valence electrons. The maximum atomic E-state index is 11.9. The van der Waals surface area contributed by atoms with Gasteiger partial charge in [0.05, 0.1) is 12.2 Å². The normalized spacial score (nSPS) is 10.1. The van der Waals surface area contributed by atoms with E-state index in [-0.39, 0.29) is 0 Å². The number of rotatable bonds is 5. The van der Waals surface area contributed by atoms with E-state index in [2.05, 4.69) is 10.3 Å². The second-order valence-electron chi connectivity index (χ2n) is 4.13. The zero-order valence-corrected chi connectivity index (χ0v) is 11.3. The van der Waals surface area contributed by atoms with Crippen LogP contribution < -0.4 is 11.1 Å². The van der Waals surface area contributed by atoms with Gasteiger partial charge in [-0.15, -0.1) is 0 Å². The predicted molar refractivity (Wildman–Crippen MR) is 72.1 cm³/mol. The number of carbonyl (C=O) groups is 2. The van der Waals surface area contributed by atoms with Gasteiger partial charge in [0.25, 0.3) is 0 Å². The van der Waals surface area contributed by atoms with Gasteiger partial charge in [0.15, 0.2) is 0 Å². The molecule has 0 atom stereocenters. The van der Waals surface area contributed by atoms with E-state index in [1.807, 2.05) is 32.0 Å². The van der Waals surface area contributed by atoms with Crippen molar-refractivity contribution in [3.63, 3.8) is 0 Å². The number of hydrogen-bond acceptors (Lipinski definition) is 4. The minimum absolute atomic E-state index is 0.296. The standard InChI is InChI=1S/C13H20N4O2/c1-3-17(13(19)12(18)15-8-7-14)9-11-6-4-5-10(2)16-11/h4-6H,3,7-9,14H2,1-2H3,(H,15,18). The third kappa shape index (κ3) is 4.67. The fraction of sp³-hybridized carbons (Fsp3) is 0.462. The van der Waals surface area contributed by atoms with E-state index < -0.39 is 11.8 Å². The summed E-state index contributed by atoms with van der Waals surface area (Å²) in [6.45, 7) is 5.09. The molecule has 0 saturated heterocycles. The molecule has 6 heteroatoms. The van der Waals surface area contributed by atoms with E-state index in [1.54, 1.807) is 0 Å². The molecule has 19 heavy (non-hydrogen) atoms. The van der Waals surface area contributed by atoms with Crippen LogP contribution >= 0.6 is 0 Å². The van der Waals surface area contributed by atoms with Gasteiger partial charge in [0.1, 0.15) is 0 Å². The van der Waals surface area contributed by atoms with Crippen LogP contribution in [0.3, 0.4) is 0 Å². The van der Waals surface area contributed by atoms with Gasteiger partial charge in [0, 0.05) is 25.3 Å². The van der Waals surface area contributed by atoms with Crippen molar-refractivity contribution in [2.45, 2.75) is 20.4 Å². The number of aryl methyl sites for hydroxylation is 1. The molecule has 3 N–H and O–H groups in total. The number of aromatic nitrogens is 1. The zero-order valence-electron chi connectivity index (χ0n) is 11.3. The Kier molecular flexibility index (Phi) is 5.95. The third-order valence-corrected chi connectivity index (χ3v) is 2.59. The van der Waals surface area contributed by atoms with Gasteiger partial charge in [-0.25, -0.2) is 0 Å². The predicted octanol–water partition coefficient (Wildman–Crippen LogP) is -0.187. The molecule has 0 fully saturated rings. The van der Waals surface area contributed by atoms with Gasteiger partial charge < -0.3 is 16.0 Å². The first-order chi connectivity index (χ1) is 9.08. The Bertz CT molecular complexity index is 448. The van der Waals surface area contributed by atoms with Crippen LogP contribution in [-0.4, -0.2) is 41.3 Å². The van der Waals surface area contributed by atoms with Gasteiger partial charge in [-0.1, -0.05) is 6.07 Å². The Hall–Kier alpha value is -1.95. The van der Waals surface area contributed by atoms with Crippen LogP contribution in [0, 0.1) is 6.92 Å². The van der Waals surface area contributed by atoms with Crippen molar-refractivity contribution < 1.29 is 9.59 Å². The molecule has 0 unspecified atom stereocenters. The molecule has 1 aromatic rings. The molecule has 0 spiro atoms. The summed E-state index contributed by atoms with van der Waals surface area (Å²) in [6, 6.07) is 5.60. The highest BCUT2D eigenvalue weighted by molar-refractivity contribution is 6.34. The Labute approximate surface area is 113 Å². The number of amides is 2. The molecule has 0 radical (unpaired) electrons. The molecule has 0 bridgehead atoms. The average molecular weight is 264 g/mol. The Balaban J connectivity index is 2.67. The summed E-state index contributed by atoms with van der Waals surface area (Å²) in [7, 11) is 0. The van der Waals surface area contributed by atoms with E-state index >= 15 is 0 Å². The maximum absolute atomic E-state index is 11.9. The molecule has 1 rings (SSSR count). The lowest BCUT2D eigenvalue weighted by Crippen LogP contribution is -2.44. The SMILES string of the molecule is CCN(Cc1cccc(C)n1)C(=O)C(=O)NCCN. The number of nitrogens with zero attached hydrogens (tertiary/aromatic N) is 2. The Morgan fingerprint density at radius 2 is 2.16 bits per heavy atom. The van der Waals surface area contributed by atoms with E-state index in [9.17, 15) is 9.59 Å². The van der Waals surface area contributed by atoms with Gasteiger partial charge in [-0.3, -0.25) is 14.6 Å². The summed E-state index contributed by atoms with van der Waals surface area (Å²) in [6.07, 6.45) is 0. The van der Waals surface area contributed by atoms with E-state index in [0.717, 1.165) is 11.4 Å². The lowest BCUT2D eigenvalue weighted by molar-refractivity contribution is -0.146. The van der Waals surface area contributed by atoms with Crippen molar-refractivity contribution in [1.82, 2.24) is 15.2 Å².